The van der Waals surface area contributed by atoms with Crippen molar-refractivity contribution in [3.63, 3.8) is 0 Å². The third-order valence-corrected chi connectivity index (χ3v) is 4.55. The molecule has 0 heterocycles. The third-order valence-electron chi connectivity index (χ3n) is 4.55. The van der Waals surface area contributed by atoms with Gasteiger partial charge in [-0.1, -0.05) is 26.7 Å². The van der Waals surface area contributed by atoms with E-state index < -0.39 is 0 Å². The van der Waals surface area contributed by atoms with Gasteiger partial charge in [-0.3, -0.25) is 0 Å². The summed E-state index contributed by atoms with van der Waals surface area (Å²) in [6, 6.07) is 1.51. The highest BCUT2D eigenvalue weighted by Gasteiger charge is 2.34. The van der Waals surface area contributed by atoms with Gasteiger partial charge in [0.05, 0.1) is 6.10 Å². The summed E-state index contributed by atoms with van der Waals surface area (Å²) in [6.07, 6.45) is 8.63. The summed E-state index contributed by atoms with van der Waals surface area (Å²) < 4.78 is 5.34. The molecule has 0 aromatic rings. The van der Waals surface area contributed by atoms with Crippen molar-refractivity contribution in [2.24, 2.45) is 11.8 Å². The number of nitrogens with one attached hydrogen (secondary N) is 1. The molecule has 16 heavy (non-hydrogen) atoms. The molecule has 94 valence electrons. The van der Waals surface area contributed by atoms with E-state index in [1.54, 1.807) is 0 Å². The Morgan fingerprint density at radius 3 is 2.44 bits per heavy atom. The van der Waals surface area contributed by atoms with Crippen LogP contribution < -0.4 is 5.32 Å². The van der Waals surface area contributed by atoms with Crippen molar-refractivity contribution in [3.05, 3.63) is 0 Å². The van der Waals surface area contributed by atoms with E-state index in [0.717, 1.165) is 23.9 Å². The van der Waals surface area contributed by atoms with E-state index in [0.29, 0.717) is 6.10 Å². The molecule has 2 saturated carbocycles. The number of ether oxygens (including phenoxy) is 1. The molecule has 0 aliphatic heterocycles. The van der Waals surface area contributed by atoms with Gasteiger partial charge in [-0.05, 0) is 37.5 Å². The Morgan fingerprint density at radius 1 is 1.12 bits per heavy atom. The molecule has 0 bridgehead atoms. The molecule has 2 fully saturated rings. The molecule has 1 N–H and O–H groups in total. The van der Waals surface area contributed by atoms with Crippen molar-refractivity contribution in [1.82, 2.24) is 5.32 Å². The van der Waals surface area contributed by atoms with Crippen LogP contribution >= 0.6 is 0 Å². The van der Waals surface area contributed by atoms with Gasteiger partial charge in [0.2, 0.25) is 0 Å². The Hall–Kier alpha value is -0.0800. The fourth-order valence-corrected chi connectivity index (χ4v) is 3.36. The van der Waals surface area contributed by atoms with Crippen molar-refractivity contribution in [1.29, 1.82) is 0 Å². The van der Waals surface area contributed by atoms with Crippen LogP contribution in [0.2, 0.25) is 0 Å². The van der Waals surface area contributed by atoms with Crippen LogP contribution in [0.5, 0.6) is 0 Å². The van der Waals surface area contributed by atoms with Gasteiger partial charge in [-0.2, -0.15) is 0 Å². The quantitative estimate of drug-likeness (QED) is 0.794. The lowest BCUT2D eigenvalue weighted by molar-refractivity contribution is 0.00821. The first-order valence-corrected chi connectivity index (χ1v) is 6.99. The van der Waals surface area contributed by atoms with Crippen LogP contribution in [0.15, 0.2) is 0 Å². The van der Waals surface area contributed by atoms with Crippen LogP contribution in [0.4, 0.5) is 0 Å². The first-order valence-electron chi connectivity index (χ1n) is 6.99. The summed E-state index contributed by atoms with van der Waals surface area (Å²) in [6.45, 7) is 4.76. The molecule has 2 heteroatoms. The summed E-state index contributed by atoms with van der Waals surface area (Å²) in [5.74, 6) is 1.73. The molecule has 0 amide bonds. The zero-order valence-corrected chi connectivity index (χ0v) is 11.0. The lowest BCUT2D eigenvalue weighted by atomic mass is 9.76. The van der Waals surface area contributed by atoms with Gasteiger partial charge < -0.3 is 10.1 Å². The smallest absolute Gasteiger partial charge is 0.0601 e. The standard InChI is InChI=1S/C14H27NO/c1-10(2)13-6-4-5-7-14(13)15-11-8-12(9-11)16-3/h10-15H,4-9H2,1-3H3. The van der Waals surface area contributed by atoms with Crippen molar-refractivity contribution >= 4 is 0 Å². The lowest BCUT2D eigenvalue weighted by Gasteiger charge is -2.42. The Labute approximate surface area is 100 Å². The van der Waals surface area contributed by atoms with Crippen LogP contribution in [0.3, 0.4) is 0 Å². The molecule has 2 atom stereocenters. The molecule has 2 nitrogen and oxygen atoms in total. The average Bonchev–Trinajstić information content (AvgIpc) is 2.23. The highest BCUT2D eigenvalue weighted by Crippen LogP contribution is 2.32. The minimum absolute atomic E-state index is 0.526. The molecular weight excluding hydrogens is 198 g/mol. The predicted molar refractivity (Wildman–Crippen MR) is 67.5 cm³/mol. The highest BCUT2D eigenvalue weighted by molar-refractivity contribution is 4.91. The van der Waals surface area contributed by atoms with Gasteiger partial charge >= 0.3 is 0 Å². The van der Waals surface area contributed by atoms with Gasteiger partial charge in [0.15, 0.2) is 0 Å². The second kappa shape index (κ2) is 5.50. The van der Waals surface area contributed by atoms with Crippen molar-refractivity contribution in [2.45, 2.75) is 70.6 Å². The van der Waals surface area contributed by atoms with Gasteiger partial charge in [0.1, 0.15) is 0 Å². The molecule has 2 aliphatic carbocycles. The Morgan fingerprint density at radius 2 is 1.81 bits per heavy atom. The fraction of sp³-hybridized carbons (Fsp3) is 1.00. The van der Waals surface area contributed by atoms with E-state index in [4.69, 9.17) is 4.74 Å². The Bertz CT molecular complexity index is 211. The largest absolute Gasteiger partial charge is 0.381 e. The fourth-order valence-electron chi connectivity index (χ4n) is 3.36. The van der Waals surface area contributed by atoms with Gasteiger partial charge in [-0.15, -0.1) is 0 Å². The molecule has 2 unspecified atom stereocenters. The molecule has 0 aromatic carbocycles. The monoisotopic (exact) mass is 225 g/mol. The number of rotatable bonds is 4. The van der Waals surface area contributed by atoms with Crippen LogP contribution in [-0.2, 0) is 4.74 Å². The highest BCUT2D eigenvalue weighted by atomic mass is 16.5. The topological polar surface area (TPSA) is 21.3 Å². The average molecular weight is 225 g/mol. The maximum atomic E-state index is 5.34. The summed E-state index contributed by atoms with van der Waals surface area (Å²) >= 11 is 0. The van der Waals surface area contributed by atoms with E-state index >= 15 is 0 Å². The molecule has 0 radical (unpaired) electrons. The van der Waals surface area contributed by atoms with E-state index in [-0.39, 0.29) is 0 Å². The van der Waals surface area contributed by atoms with Crippen molar-refractivity contribution in [3.8, 4) is 0 Å². The summed E-state index contributed by atoms with van der Waals surface area (Å²) in [4.78, 5) is 0. The summed E-state index contributed by atoms with van der Waals surface area (Å²) in [5.41, 5.74) is 0. The number of hydrogen-bond acceptors (Lipinski definition) is 2. The first kappa shape index (κ1) is 12.4. The molecule has 2 aliphatic rings. The SMILES string of the molecule is COC1CC(NC2CCCCC2C(C)C)C1. The van der Waals surface area contributed by atoms with Gasteiger partial charge in [0.25, 0.3) is 0 Å². The lowest BCUT2D eigenvalue weighted by Crippen LogP contribution is -2.52. The van der Waals surface area contributed by atoms with Crippen molar-refractivity contribution in [2.75, 3.05) is 7.11 Å². The zero-order valence-electron chi connectivity index (χ0n) is 11.0. The van der Waals surface area contributed by atoms with Crippen molar-refractivity contribution < 1.29 is 4.74 Å². The zero-order chi connectivity index (χ0) is 11.5. The molecule has 0 saturated heterocycles. The minimum Gasteiger partial charge on any atom is -0.381 e. The van der Waals surface area contributed by atoms with Crippen LogP contribution in [0.1, 0.15) is 52.4 Å². The molecular formula is C14H27NO. The van der Waals surface area contributed by atoms with E-state index in [9.17, 15) is 0 Å². The van der Waals surface area contributed by atoms with Gasteiger partial charge in [-0.25, -0.2) is 0 Å². The molecule has 0 aromatic heterocycles. The molecule has 0 spiro atoms. The van der Waals surface area contributed by atoms with Gasteiger partial charge in [0, 0.05) is 19.2 Å². The Kier molecular flexibility index (Phi) is 4.26. The maximum absolute atomic E-state index is 5.34. The predicted octanol–water partition coefficient (Wildman–Crippen LogP) is 2.97. The summed E-state index contributed by atoms with van der Waals surface area (Å²) in [5, 5.41) is 3.87. The first-order chi connectivity index (χ1) is 7.70. The van der Waals surface area contributed by atoms with Crippen LogP contribution in [-0.4, -0.2) is 25.3 Å². The van der Waals surface area contributed by atoms with Crippen LogP contribution in [0, 0.1) is 11.8 Å². The third kappa shape index (κ3) is 2.78. The second-order valence-electron chi connectivity index (χ2n) is 5.99. The summed E-state index contributed by atoms with van der Waals surface area (Å²) in [7, 11) is 1.83. The minimum atomic E-state index is 0.526. The van der Waals surface area contributed by atoms with Crippen LogP contribution in [0.25, 0.3) is 0 Å². The van der Waals surface area contributed by atoms with E-state index in [1.165, 1.54) is 38.5 Å². The number of methoxy groups -OCH3 is 1. The number of hydrogen-bond donors (Lipinski definition) is 1. The van der Waals surface area contributed by atoms with E-state index in [1.807, 2.05) is 7.11 Å². The normalized spacial score (nSPS) is 39.8. The van der Waals surface area contributed by atoms with E-state index in [2.05, 4.69) is 19.2 Å². The maximum Gasteiger partial charge on any atom is 0.0601 e. The second-order valence-corrected chi connectivity index (χ2v) is 5.99. The molecule has 2 rings (SSSR count). The Balaban J connectivity index is 1.78.